The highest BCUT2D eigenvalue weighted by atomic mass is 32.1. The molecule has 24 heavy (non-hydrogen) atoms. The molecule has 0 spiro atoms. The second-order valence-corrected chi connectivity index (χ2v) is 6.56. The number of hydrogen-bond acceptors (Lipinski definition) is 2. The molecule has 128 valence electrons. The molecule has 1 aromatic heterocycles. The van der Waals surface area contributed by atoms with E-state index < -0.39 is 0 Å². The summed E-state index contributed by atoms with van der Waals surface area (Å²) in [4.78, 5) is 16.2. The quantitative estimate of drug-likeness (QED) is 0.838. The first-order chi connectivity index (χ1) is 11.6. The number of benzene rings is 1. The molecule has 3 rings (SSSR count). The van der Waals surface area contributed by atoms with Crippen LogP contribution in [0.1, 0.15) is 31.0 Å². The Balaban J connectivity index is 1.76. The summed E-state index contributed by atoms with van der Waals surface area (Å²) in [5.41, 5.74) is 3.22. The summed E-state index contributed by atoms with van der Waals surface area (Å²) in [7, 11) is 0. The van der Waals surface area contributed by atoms with E-state index in [1.165, 1.54) is 0 Å². The molecule has 2 N–H and O–H groups in total. The van der Waals surface area contributed by atoms with Crippen LogP contribution in [0.2, 0.25) is 0 Å². The van der Waals surface area contributed by atoms with Crippen LogP contribution in [0.5, 0.6) is 0 Å². The maximum atomic E-state index is 12.9. The van der Waals surface area contributed by atoms with E-state index in [0.29, 0.717) is 11.5 Å². The number of nitrogens with one attached hydrogen (secondary N) is 2. The van der Waals surface area contributed by atoms with Crippen molar-refractivity contribution >= 4 is 34.1 Å². The summed E-state index contributed by atoms with van der Waals surface area (Å²) in [6, 6.07) is 8.12. The Morgan fingerprint density at radius 1 is 1.29 bits per heavy atom. The fraction of sp³-hybridized carbons (Fsp3) is 0.444. The van der Waals surface area contributed by atoms with Crippen LogP contribution < -0.4 is 5.32 Å². The van der Waals surface area contributed by atoms with E-state index in [1.807, 2.05) is 30.1 Å². The van der Waals surface area contributed by atoms with Crippen LogP contribution in [0.25, 0.3) is 10.9 Å². The molecule has 0 unspecified atom stereocenters. The normalized spacial score (nSPS) is 14.4. The monoisotopic (exact) mass is 344 g/mol. The van der Waals surface area contributed by atoms with Crippen molar-refractivity contribution in [3.63, 3.8) is 0 Å². The molecule has 1 amide bonds. The van der Waals surface area contributed by atoms with Gasteiger partial charge in [-0.15, -0.1) is 0 Å². The molecule has 0 bridgehead atoms. The SMILES string of the molecule is CCCNC(=S)N1CCCN1C(=O)Cc1c(C)[nH]c2ccccc12. The van der Waals surface area contributed by atoms with Gasteiger partial charge in [0.15, 0.2) is 5.11 Å². The van der Waals surface area contributed by atoms with Gasteiger partial charge >= 0.3 is 0 Å². The number of nitrogens with zero attached hydrogens (tertiary/aromatic N) is 2. The minimum atomic E-state index is 0.0981. The smallest absolute Gasteiger partial charge is 0.245 e. The van der Waals surface area contributed by atoms with Crippen molar-refractivity contribution < 1.29 is 4.79 Å². The lowest BCUT2D eigenvalue weighted by Crippen LogP contribution is -2.49. The van der Waals surface area contributed by atoms with Crippen molar-refractivity contribution in [2.45, 2.75) is 33.1 Å². The van der Waals surface area contributed by atoms with Crippen LogP contribution in [0.15, 0.2) is 24.3 Å². The van der Waals surface area contributed by atoms with Crippen LogP contribution in [0.3, 0.4) is 0 Å². The van der Waals surface area contributed by atoms with E-state index in [0.717, 1.165) is 54.6 Å². The zero-order valence-electron chi connectivity index (χ0n) is 14.3. The topological polar surface area (TPSA) is 51.4 Å². The van der Waals surface area contributed by atoms with Gasteiger partial charge in [0.2, 0.25) is 5.91 Å². The van der Waals surface area contributed by atoms with Crippen molar-refractivity contribution in [3.05, 3.63) is 35.5 Å². The summed E-state index contributed by atoms with van der Waals surface area (Å²) >= 11 is 5.44. The predicted octanol–water partition coefficient (Wildman–Crippen LogP) is 2.75. The Kier molecular flexibility index (Phi) is 5.04. The third kappa shape index (κ3) is 3.24. The molecule has 6 heteroatoms. The van der Waals surface area contributed by atoms with Gasteiger partial charge in [0, 0.05) is 36.2 Å². The van der Waals surface area contributed by atoms with Crippen LogP contribution in [-0.2, 0) is 11.2 Å². The summed E-state index contributed by atoms with van der Waals surface area (Å²) < 4.78 is 0. The highest BCUT2D eigenvalue weighted by Crippen LogP contribution is 2.23. The predicted molar refractivity (Wildman–Crippen MR) is 101 cm³/mol. The number of carbonyl (C=O) groups is 1. The molecular weight excluding hydrogens is 320 g/mol. The molecule has 5 nitrogen and oxygen atoms in total. The van der Waals surface area contributed by atoms with Crippen molar-refractivity contribution in [1.29, 1.82) is 0 Å². The second kappa shape index (κ2) is 7.21. The fourth-order valence-corrected chi connectivity index (χ4v) is 3.50. The van der Waals surface area contributed by atoms with Crippen molar-refractivity contribution in [2.75, 3.05) is 19.6 Å². The molecule has 1 aliphatic rings. The number of aromatic nitrogens is 1. The van der Waals surface area contributed by atoms with Crippen LogP contribution >= 0.6 is 12.2 Å². The summed E-state index contributed by atoms with van der Waals surface area (Å²) in [6.07, 6.45) is 2.35. The average Bonchev–Trinajstić information content (AvgIpc) is 3.18. The second-order valence-electron chi connectivity index (χ2n) is 6.18. The maximum absolute atomic E-state index is 12.9. The Labute approximate surface area is 148 Å². The number of fused-ring (bicyclic) bond motifs is 1. The molecule has 1 fully saturated rings. The van der Waals surface area contributed by atoms with Gasteiger partial charge in [-0.3, -0.25) is 14.8 Å². The van der Waals surface area contributed by atoms with Gasteiger partial charge in [0.05, 0.1) is 6.42 Å². The number of aryl methyl sites for hydroxylation is 1. The molecule has 0 radical (unpaired) electrons. The van der Waals surface area contributed by atoms with Crippen molar-refractivity contribution in [1.82, 2.24) is 20.3 Å². The standard InChI is InChI=1S/C18H24N4OS/c1-3-9-19-18(24)22-11-6-10-21(22)17(23)12-15-13(2)20-16-8-5-4-7-14(15)16/h4-5,7-8,20H,3,6,9-12H2,1-2H3,(H,19,24). The molecule has 1 aliphatic heterocycles. The first-order valence-electron chi connectivity index (χ1n) is 8.53. The van der Waals surface area contributed by atoms with Crippen LogP contribution in [0, 0.1) is 6.92 Å². The summed E-state index contributed by atoms with van der Waals surface area (Å²) in [6.45, 7) is 6.49. The van der Waals surface area contributed by atoms with Crippen molar-refractivity contribution in [2.24, 2.45) is 0 Å². The molecule has 2 aromatic rings. The largest absolute Gasteiger partial charge is 0.361 e. The fourth-order valence-electron chi connectivity index (χ4n) is 3.21. The highest BCUT2D eigenvalue weighted by molar-refractivity contribution is 7.80. The molecule has 2 heterocycles. The summed E-state index contributed by atoms with van der Waals surface area (Å²) in [5.74, 6) is 0.0981. The van der Waals surface area contributed by atoms with Gasteiger partial charge in [-0.1, -0.05) is 25.1 Å². The highest BCUT2D eigenvalue weighted by Gasteiger charge is 2.29. The third-order valence-corrected chi connectivity index (χ3v) is 4.79. The van der Waals surface area contributed by atoms with Gasteiger partial charge in [0.1, 0.15) is 0 Å². The van der Waals surface area contributed by atoms with Crippen LogP contribution in [-0.4, -0.2) is 45.7 Å². The van der Waals surface area contributed by atoms with E-state index in [4.69, 9.17) is 12.2 Å². The van der Waals surface area contributed by atoms with Gasteiger partial charge in [-0.05, 0) is 43.6 Å². The lowest BCUT2D eigenvalue weighted by molar-refractivity contribution is -0.138. The Hall–Kier alpha value is -2.08. The number of rotatable bonds is 4. The number of carbonyl (C=O) groups excluding carboxylic acids is 1. The minimum Gasteiger partial charge on any atom is -0.361 e. The lowest BCUT2D eigenvalue weighted by Gasteiger charge is -2.30. The number of thiocarbonyl (C=S) groups is 1. The number of hydrogen-bond donors (Lipinski definition) is 2. The van der Waals surface area contributed by atoms with E-state index in [1.54, 1.807) is 5.01 Å². The number of para-hydroxylation sites is 1. The van der Waals surface area contributed by atoms with Crippen LogP contribution in [0.4, 0.5) is 0 Å². The van der Waals surface area contributed by atoms with Crippen molar-refractivity contribution in [3.8, 4) is 0 Å². The van der Waals surface area contributed by atoms with Gasteiger partial charge in [0.25, 0.3) is 0 Å². The number of aromatic amines is 1. The zero-order chi connectivity index (χ0) is 17.1. The molecule has 1 saturated heterocycles. The minimum absolute atomic E-state index is 0.0981. The molecule has 0 saturated carbocycles. The molecule has 1 aromatic carbocycles. The Morgan fingerprint density at radius 2 is 2.04 bits per heavy atom. The number of amides is 1. The zero-order valence-corrected chi connectivity index (χ0v) is 15.1. The van der Waals surface area contributed by atoms with Gasteiger partial charge in [-0.2, -0.15) is 0 Å². The van der Waals surface area contributed by atoms with E-state index in [9.17, 15) is 4.79 Å². The van der Waals surface area contributed by atoms with E-state index in [2.05, 4.69) is 23.3 Å². The van der Waals surface area contributed by atoms with E-state index >= 15 is 0 Å². The molecule has 0 atom stereocenters. The third-order valence-electron chi connectivity index (χ3n) is 4.43. The molecule has 0 aliphatic carbocycles. The Bertz CT molecular complexity index is 755. The first-order valence-corrected chi connectivity index (χ1v) is 8.94. The number of H-pyrrole nitrogens is 1. The maximum Gasteiger partial charge on any atom is 0.245 e. The first kappa shape index (κ1) is 16.8. The average molecular weight is 344 g/mol. The molecular formula is C18H24N4OS. The number of hydrazine groups is 1. The van der Waals surface area contributed by atoms with Gasteiger partial charge in [-0.25, -0.2) is 0 Å². The Morgan fingerprint density at radius 3 is 2.83 bits per heavy atom. The summed E-state index contributed by atoms with van der Waals surface area (Å²) in [5, 5.41) is 8.71. The lowest BCUT2D eigenvalue weighted by atomic mass is 10.1. The van der Waals surface area contributed by atoms with E-state index in [-0.39, 0.29) is 5.91 Å². The van der Waals surface area contributed by atoms with Gasteiger partial charge < -0.3 is 10.3 Å².